The molecular formula is C15H12BrCl2NO. The van der Waals surface area contributed by atoms with Gasteiger partial charge in [-0.25, -0.2) is 0 Å². The first kappa shape index (κ1) is 15.4. The van der Waals surface area contributed by atoms with Crippen LogP contribution in [0.4, 0.5) is 0 Å². The van der Waals surface area contributed by atoms with E-state index >= 15 is 0 Å². The third kappa shape index (κ3) is 4.23. The Kier molecular flexibility index (Phi) is 5.46. The Morgan fingerprint density at radius 1 is 1.10 bits per heavy atom. The number of halogens is 3. The minimum absolute atomic E-state index is 0.176. The van der Waals surface area contributed by atoms with Crippen LogP contribution in [-0.2, 0) is 6.42 Å². The largest absolute Gasteiger partial charge is 0.352 e. The third-order valence-electron chi connectivity index (χ3n) is 2.79. The van der Waals surface area contributed by atoms with Crippen LogP contribution in [0.15, 0.2) is 46.9 Å². The molecule has 104 valence electrons. The minimum atomic E-state index is -0.176. The van der Waals surface area contributed by atoms with Crippen molar-refractivity contribution in [2.45, 2.75) is 6.42 Å². The van der Waals surface area contributed by atoms with Gasteiger partial charge in [-0.05, 0) is 42.3 Å². The van der Waals surface area contributed by atoms with E-state index in [-0.39, 0.29) is 5.91 Å². The summed E-state index contributed by atoms with van der Waals surface area (Å²) in [5.74, 6) is -0.176. The van der Waals surface area contributed by atoms with Gasteiger partial charge in [0.25, 0.3) is 5.91 Å². The molecule has 0 bridgehead atoms. The Balaban J connectivity index is 1.92. The van der Waals surface area contributed by atoms with Crippen molar-refractivity contribution in [3.63, 3.8) is 0 Å². The molecule has 0 aliphatic rings. The van der Waals surface area contributed by atoms with Crippen LogP contribution in [0.25, 0.3) is 0 Å². The number of carbonyl (C=O) groups excluding carboxylic acids is 1. The molecule has 0 heterocycles. The van der Waals surface area contributed by atoms with Crippen molar-refractivity contribution in [1.29, 1.82) is 0 Å². The van der Waals surface area contributed by atoms with E-state index in [1.54, 1.807) is 18.2 Å². The Morgan fingerprint density at radius 3 is 2.50 bits per heavy atom. The average molecular weight is 373 g/mol. The van der Waals surface area contributed by atoms with Crippen LogP contribution >= 0.6 is 39.1 Å². The summed E-state index contributed by atoms with van der Waals surface area (Å²) in [6, 6.07) is 12.8. The zero-order valence-corrected chi connectivity index (χ0v) is 13.6. The molecule has 2 aromatic carbocycles. The molecule has 0 spiro atoms. The zero-order valence-electron chi connectivity index (χ0n) is 10.5. The molecule has 0 unspecified atom stereocenters. The molecule has 0 saturated heterocycles. The predicted octanol–water partition coefficient (Wildman–Crippen LogP) is 4.73. The predicted molar refractivity (Wildman–Crippen MR) is 86.6 cm³/mol. The summed E-state index contributed by atoms with van der Waals surface area (Å²) in [7, 11) is 0. The van der Waals surface area contributed by atoms with Gasteiger partial charge in [-0.15, -0.1) is 0 Å². The van der Waals surface area contributed by atoms with Gasteiger partial charge in [0.15, 0.2) is 0 Å². The molecule has 1 amide bonds. The van der Waals surface area contributed by atoms with Crippen molar-refractivity contribution in [3.05, 3.63) is 68.1 Å². The molecule has 0 atom stereocenters. The molecule has 0 saturated carbocycles. The topological polar surface area (TPSA) is 29.1 Å². The minimum Gasteiger partial charge on any atom is -0.352 e. The molecule has 0 radical (unpaired) electrons. The van der Waals surface area contributed by atoms with Crippen molar-refractivity contribution in [1.82, 2.24) is 5.32 Å². The maximum atomic E-state index is 12.0. The molecule has 0 aliphatic carbocycles. The summed E-state index contributed by atoms with van der Waals surface area (Å²) in [4.78, 5) is 12.0. The van der Waals surface area contributed by atoms with E-state index in [9.17, 15) is 4.79 Å². The molecule has 0 fully saturated rings. The van der Waals surface area contributed by atoms with Gasteiger partial charge in [0.05, 0.1) is 10.6 Å². The zero-order chi connectivity index (χ0) is 14.5. The average Bonchev–Trinajstić information content (AvgIpc) is 2.43. The summed E-state index contributed by atoms with van der Waals surface area (Å²) in [6.07, 6.45) is 0.745. The number of amides is 1. The molecule has 0 aliphatic heterocycles. The lowest BCUT2D eigenvalue weighted by Crippen LogP contribution is -2.26. The molecule has 0 aromatic heterocycles. The van der Waals surface area contributed by atoms with Crippen LogP contribution in [0, 0.1) is 0 Å². The van der Waals surface area contributed by atoms with Crippen LogP contribution in [0.2, 0.25) is 10.0 Å². The summed E-state index contributed by atoms with van der Waals surface area (Å²) in [5, 5.41) is 4.00. The highest BCUT2D eigenvalue weighted by Gasteiger charge is 2.10. The summed E-state index contributed by atoms with van der Waals surface area (Å²) < 4.78 is 0.824. The van der Waals surface area contributed by atoms with Crippen LogP contribution in [-0.4, -0.2) is 12.5 Å². The lowest BCUT2D eigenvalue weighted by molar-refractivity contribution is 0.0954. The van der Waals surface area contributed by atoms with Gasteiger partial charge in [-0.2, -0.15) is 0 Å². The fourth-order valence-corrected chi connectivity index (χ4v) is 2.43. The summed E-state index contributed by atoms with van der Waals surface area (Å²) >= 11 is 15.2. The maximum absolute atomic E-state index is 12.0. The van der Waals surface area contributed by atoms with Crippen LogP contribution in [0.5, 0.6) is 0 Å². The highest BCUT2D eigenvalue weighted by atomic mass is 79.9. The molecule has 1 N–H and O–H groups in total. The van der Waals surface area contributed by atoms with Crippen LogP contribution in [0.3, 0.4) is 0 Å². The second-order valence-electron chi connectivity index (χ2n) is 4.26. The molecule has 5 heteroatoms. The summed E-state index contributed by atoms with van der Waals surface area (Å²) in [6.45, 7) is 0.545. The highest BCUT2D eigenvalue weighted by Crippen LogP contribution is 2.20. The van der Waals surface area contributed by atoms with Gasteiger partial charge in [-0.1, -0.05) is 51.3 Å². The van der Waals surface area contributed by atoms with Crippen LogP contribution in [0.1, 0.15) is 15.9 Å². The number of rotatable bonds is 4. The molecule has 2 rings (SSSR count). The third-order valence-corrected chi connectivity index (χ3v) is 3.86. The maximum Gasteiger partial charge on any atom is 0.252 e. The fraction of sp³-hybridized carbons (Fsp3) is 0.133. The van der Waals surface area contributed by atoms with Crippen LogP contribution < -0.4 is 5.32 Å². The van der Waals surface area contributed by atoms with Gasteiger partial charge in [0.2, 0.25) is 0 Å². The summed E-state index contributed by atoms with van der Waals surface area (Å²) in [5.41, 5.74) is 1.59. The van der Waals surface area contributed by atoms with Gasteiger partial charge in [0.1, 0.15) is 0 Å². The first-order valence-electron chi connectivity index (χ1n) is 6.04. The van der Waals surface area contributed by atoms with E-state index in [2.05, 4.69) is 21.2 Å². The van der Waals surface area contributed by atoms with E-state index in [1.807, 2.05) is 24.3 Å². The van der Waals surface area contributed by atoms with Crippen molar-refractivity contribution >= 4 is 45.0 Å². The smallest absolute Gasteiger partial charge is 0.252 e. The van der Waals surface area contributed by atoms with Gasteiger partial charge in [-0.3, -0.25) is 4.79 Å². The van der Waals surface area contributed by atoms with Gasteiger partial charge >= 0.3 is 0 Å². The van der Waals surface area contributed by atoms with Crippen molar-refractivity contribution < 1.29 is 4.79 Å². The standard InChI is InChI=1S/C15H12BrCl2NO/c16-11-3-6-14(18)13(9-11)15(20)19-8-7-10-1-4-12(17)5-2-10/h1-6,9H,7-8H2,(H,19,20). The Bertz CT molecular complexity index is 614. The molecule has 2 nitrogen and oxygen atoms in total. The monoisotopic (exact) mass is 371 g/mol. The fourth-order valence-electron chi connectivity index (χ4n) is 1.74. The first-order chi connectivity index (χ1) is 9.56. The first-order valence-corrected chi connectivity index (χ1v) is 7.59. The Labute approximate surface area is 136 Å². The number of benzene rings is 2. The Hall–Kier alpha value is -1.03. The number of hydrogen-bond donors (Lipinski definition) is 1. The van der Waals surface area contributed by atoms with E-state index in [4.69, 9.17) is 23.2 Å². The van der Waals surface area contributed by atoms with Gasteiger partial charge < -0.3 is 5.32 Å². The lowest BCUT2D eigenvalue weighted by atomic mass is 10.1. The van der Waals surface area contributed by atoms with E-state index < -0.39 is 0 Å². The SMILES string of the molecule is O=C(NCCc1ccc(Cl)cc1)c1cc(Br)ccc1Cl. The van der Waals surface area contributed by atoms with E-state index in [0.29, 0.717) is 22.2 Å². The molecular weight excluding hydrogens is 361 g/mol. The van der Waals surface area contributed by atoms with E-state index in [1.165, 1.54) is 0 Å². The van der Waals surface area contributed by atoms with E-state index in [0.717, 1.165) is 16.5 Å². The number of carbonyl (C=O) groups is 1. The van der Waals surface area contributed by atoms with Gasteiger partial charge in [0, 0.05) is 16.0 Å². The molecule has 2 aromatic rings. The second kappa shape index (κ2) is 7.11. The van der Waals surface area contributed by atoms with Crippen molar-refractivity contribution in [3.8, 4) is 0 Å². The number of nitrogens with one attached hydrogen (secondary N) is 1. The normalized spacial score (nSPS) is 10.3. The van der Waals surface area contributed by atoms with Crippen molar-refractivity contribution in [2.75, 3.05) is 6.54 Å². The Morgan fingerprint density at radius 2 is 1.80 bits per heavy atom. The lowest BCUT2D eigenvalue weighted by Gasteiger charge is -2.07. The second-order valence-corrected chi connectivity index (χ2v) is 6.02. The quantitative estimate of drug-likeness (QED) is 0.825. The highest BCUT2D eigenvalue weighted by molar-refractivity contribution is 9.10. The number of hydrogen-bond acceptors (Lipinski definition) is 1. The van der Waals surface area contributed by atoms with Crippen molar-refractivity contribution in [2.24, 2.45) is 0 Å². The molecule has 20 heavy (non-hydrogen) atoms.